The van der Waals surface area contributed by atoms with Crippen LogP contribution in [0.4, 0.5) is 22.3 Å². The highest BCUT2D eigenvalue weighted by Crippen LogP contribution is 2.49. The molecule has 2 aliphatic rings. The van der Waals surface area contributed by atoms with Crippen LogP contribution in [-0.2, 0) is 4.79 Å². The first-order valence-corrected chi connectivity index (χ1v) is 15.3. The van der Waals surface area contributed by atoms with Crippen LogP contribution in [0.15, 0.2) is 41.8 Å². The molecule has 2 fully saturated rings. The van der Waals surface area contributed by atoms with E-state index in [4.69, 9.17) is 24.9 Å². The fourth-order valence-electron chi connectivity index (χ4n) is 6.16. The molecule has 4 aromatic rings. The molecule has 2 bridgehead atoms. The number of hydrogen-bond acceptors (Lipinski definition) is 10. The molecule has 6 rings (SSSR count). The highest BCUT2D eigenvalue weighted by Gasteiger charge is 2.40. The molecule has 2 heterocycles. The molecule has 11 heteroatoms. The van der Waals surface area contributed by atoms with Crippen LogP contribution in [0.1, 0.15) is 32.1 Å². The van der Waals surface area contributed by atoms with E-state index in [2.05, 4.69) is 15.6 Å². The van der Waals surface area contributed by atoms with Crippen molar-refractivity contribution in [1.29, 1.82) is 0 Å². The number of methoxy groups -OCH3 is 3. The number of thiazole rings is 2. The molecule has 0 radical (unpaired) electrons. The van der Waals surface area contributed by atoms with Crippen molar-refractivity contribution in [3.8, 4) is 38.4 Å². The molecule has 4 N–H and O–H groups in total. The summed E-state index contributed by atoms with van der Waals surface area (Å²) >= 11 is 2.92. The summed E-state index contributed by atoms with van der Waals surface area (Å²) in [7, 11) is 4.71. The van der Waals surface area contributed by atoms with Crippen molar-refractivity contribution in [2.24, 2.45) is 17.8 Å². The average Bonchev–Trinajstić information content (AvgIpc) is 3.77. The third kappa shape index (κ3) is 5.69. The molecule has 41 heavy (non-hydrogen) atoms. The summed E-state index contributed by atoms with van der Waals surface area (Å²) in [5.41, 5.74) is 9.58. The first-order valence-electron chi connectivity index (χ1n) is 13.6. The maximum absolute atomic E-state index is 12.8. The Morgan fingerprint density at radius 1 is 1.02 bits per heavy atom. The van der Waals surface area contributed by atoms with E-state index in [0.29, 0.717) is 40.5 Å². The molecular weight excluding hydrogens is 558 g/mol. The van der Waals surface area contributed by atoms with Crippen molar-refractivity contribution < 1.29 is 19.0 Å². The Morgan fingerprint density at radius 3 is 2.51 bits per heavy atom. The van der Waals surface area contributed by atoms with Crippen LogP contribution in [0, 0.1) is 17.8 Å². The summed E-state index contributed by atoms with van der Waals surface area (Å²) in [6.45, 7) is 0. The molecule has 2 saturated carbocycles. The Labute approximate surface area is 247 Å². The second-order valence-electron chi connectivity index (χ2n) is 10.6. The number of ether oxygens (including phenoxy) is 3. The van der Waals surface area contributed by atoms with Crippen LogP contribution < -0.4 is 30.6 Å². The van der Waals surface area contributed by atoms with Crippen LogP contribution in [-0.4, -0.2) is 37.2 Å². The van der Waals surface area contributed by atoms with Gasteiger partial charge in [-0.3, -0.25) is 4.79 Å². The second kappa shape index (κ2) is 11.6. The SMILES string of the molecule is COc1cc(Nc2nc(N)c(-c3nc(-c4cccc(NC(=O)CC5CC6CCC5C6)c4)cs3)s2)cc(OC)c1OC. The summed E-state index contributed by atoms with van der Waals surface area (Å²) in [4.78, 5) is 22.9. The number of carbonyl (C=O) groups excluding carboxylic acids is 1. The summed E-state index contributed by atoms with van der Waals surface area (Å²) < 4.78 is 16.3. The lowest BCUT2D eigenvalue weighted by molar-refractivity contribution is -0.117. The number of nitrogen functional groups attached to an aromatic ring is 1. The van der Waals surface area contributed by atoms with Crippen LogP contribution in [0.2, 0.25) is 0 Å². The Hall–Kier alpha value is -3.83. The Kier molecular flexibility index (Phi) is 7.72. The van der Waals surface area contributed by atoms with Gasteiger partial charge < -0.3 is 30.6 Å². The molecule has 0 aliphatic heterocycles. The van der Waals surface area contributed by atoms with Crippen molar-refractivity contribution in [2.45, 2.75) is 32.1 Å². The number of carbonyl (C=O) groups is 1. The molecule has 2 aliphatic carbocycles. The molecule has 9 nitrogen and oxygen atoms in total. The fraction of sp³-hybridized carbons (Fsp3) is 0.367. The van der Waals surface area contributed by atoms with E-state index >= 15 is 0 Å². The number of benzene rings is 2. The second-order valence-corrected chi connectivity index (χ2v) is 12.4. The van der Waals surface area contributed by atoms with Gasteiger partial charge in [-0.05, 0) is 49.1 Å². The average molecular weight is 592 g/mol. The van der Waals surface area contributed by atoms with E-state index in [1.54, 1.807) is 21.3 Å². The van der Waals surface area contributed by atoms with E-state index < -0.39 is 0 Å². The summed E-state index contributed by atoms with van der Waals surface area (Å²) in [5.74, 6) is 4.20. The highest BCUT2D eigenvalue weighted by molar-refractivity contribution is 7.23. The zero-order valence-corrected chi connectivity index (χ0v) is 24.9. The lowest BCUT2D eigenvalue weighted by Gasteiger charge is -2.20. The summed E-state index contributed by atoms with van der Waals surface area (Å²) in [5, 5.41) is 9.78. The smallest absolute Gasteiger partial charge is 0.224 e. The van der Waals surface area contributed by atoms with Gasteiger partial charge in [0.05, 0.1) is 27.0 Å². The number of rotatable bonds is 10. The molecule has 214 valence electrons. The highest BCUT2D eigenvalue weighted by atomic mass is 32.1. The molecule has 0 spiro atoms. The standard InChI is InChI=1S/C30H33N5O4S2/c1-37-23-13-21(14-24(38-2)26(23)39-3)33-30-35-28(31)27(41-30)29-34-22(15-40-29)18-5-4-6-20(11-18)32-25(36)12-19-10-16-7-8-17(19)9-16/h4-6,11,13-17,19H,7-10,12,31H2,1-3H3,(H,32,36)(H,33,35). The number of nitrogens with zero attached hydrogens (tertiary/aromatic N) is 2. The maximum atomic E-state index is 12.8. The van der Waals surface area contributed by atoms with Gasteiger partial charge in [0.15, 0.2) is 16.6 Å². The minimum absolute atomic E-state index is 0.100. The third-order valence-electron chi connectivity index (χ3n) is 8.04. The summed E-state index contributed by atoms with van der Waals surface area (Å²) in [6.07, 6.45) is 5.77. The monoisotopic (exact) mass is 591 g/mol. The van der Waals surface area contributed by atoms with Crippen LogP contribution >= 0.6 is 22.7 Å². The van der Waals surface area contributed by atoms with Gasteiger partial charge in [-0.15, -0.1) is 11.3 Å². The Morgan fingerprint density at radius 2 is 1.83 bits per heavy atom. The van der Waals surface area contributed by atoms with Crippen molar-refractivity contribution >= 4 is 50.9 Å². The van der Waals surface area contributed by atoms with E-state index in [1.165, 1.54) is 48.4 Å². The Balaban J connectivity index is 1.15. The van der Waals surface area contributed by atoms with E-state index in [0.717, 1.165) is 44.4 Å². The molecule has 2 aromatic heterocycles. The van der Waals surface area contributed by atoms with Crippen LogP contribution in [0.3, 0.4) is 0 Å². The topological polar surface area (TPSA) is 121 Å². The fourth-order valence-corrected chi connectivity index (χ4v) is 7.99. The predicted octanol–water partition coefficient (Wildman–Crippen LogP) is 7.05. The van der Waals surface area contributed by atoms with Gasteiger partial charge in [-0.1, -0.05) is 29.9 Å². The molecule has 0 saturated heterocycles. The quantitative estimate of drug-likeness (QED) is 0.179. The zero-order valence-electron chi connectivity index (χ0n) is 23.2. The van der Waals surface area contributed by atoms with Gasteiger partial charge in [0.2, 0.25) is 11.7 Å². The van der Waals surface area contributed by atoms with Gasteiger partial charge in [0.1, 0.15) is 15.7 Å². The number of anilines is 4. The van der Waals surface area contributed by atoms with E-state index in [9.17, 15) is 4.79 Å². The van der Waals surface area contributed by atoms with Gasteiger partial charge >= 0.3 is 0 Å². The van der Waals surface area contributed by atoms with E-state index in [1.807, 2.05) is 41.8 Å². The van der Waals surface area contributed by atoms with Crippen LogP contribution in [0.25, 0.3) is 21.1 Å². The van der Waals surface area contributed by atoms with Gasteiger partial charge in [0.25, 0.3) is 0 Å². The van der Waals surface area contributed by atoms with Crippen molar-refractivity contribution in [3.05, 3.63) is 41.8 Å². The van der Waals surface area contributed by atoms with Gasteiger partial charge in [-0.2, -0.15) is 0 Å². The number of nitrogens with two attached hydrogens (primary N) is 1. The molecule has 2 aromatic carbocycles. The Bertz CT molecular complexity index is 1540. The number of fused-ring (bicyclic) bond motifs is 2. The molecule has 3 unspecified atom stereocenters. The van der Waals surface area contributed by atoms with Gasteiger partial charge in [-0.25, -0.2) is 9.97 Å². The predicted molar refractivity (Wildman–Crippen MR) is 165 cm³/mol. The van der Waals surface area contributed by atoms with Gasteiger partial charge in [0, 0.05) is 40.9 Å². The molecular formula is C30H33N5O4S2. The lowest BCUT2D eigenvalue weighted by Crippen LogP contribution is -2.20. The molecule has 1 amide bonds. The maximum Gasteiger partial charge on any atom is 0.224 e. The number of nitrogens with one attached hydrogen (secondary N) is 2. The van der Waals surface area contributed by atoms with Crippen LogP contribution in [0.5, 0.6) is 17.2 Å². The third-order valence-corrected chi connectivity index (χ3v) is 10.0. The van der Waals surface area contributed by atoms with Crippen molar-refractivity contribution in [1.82, 2.24) is 9.97 Å². The zero-order chi connectivity index (χ0) is 28.5. The number of aromatic nitrogens is 2. The minimum Gasteiger partial charge on any atom is -0.493 e. The normalized spacial score (nSPS) is 19.2. The summed E-state index contributed by atoms with van der Waals surface area (Å²) in [6, 6.07) is 11.5. The lowest BCUT2D eigenvalue weighted by atomic mass is 9.86. The van der Waals surface area contributed by atoms with Crippen molar-refractivity contribution in [3.63, 3.8) is 0 Å². The van der Waals surface area contributed by atoms with Crippen molar-refractivity contribution in [2.75, 3.05) is 37.7 Å². The number of hydrogen-bond donors (Lipinski definition) is 3. The minimum atomic E-state index is 0.100. The first-order chi connectivity index (χ1) is 19.9. The molecule has 3 atom stereocenters. The van der Waals surface area contributed by atoms with E-state index in [-0.39, 0.29) is 5.91 Å². The first kappa shape index (κ1) is 27.3. The largest absolute Gasteiger partial charge is 0.493 e. The number of amides is 1.